The molecule has 0 aromatic heterocycles. The molecule has 1 heterocycles. The lowest BCUT2D eigenvalue weighted by Crippen LogP contribution is -2.33. The lowest BCUT2D eigenvalue weighted by Gasteiger charge is -2.17. The molecule has 0 saturated carbocycles. The van der Waals surface area contributed by atoms with Gasteiger partial charge in [0.05, 0.1) is 23.9 Å². The first-order valence-corrected chi connectivity index (χ1v) is 6.05. The molecule has 0 bridgehead atoms. The Bertz CT molecular complexity index is 453. The van der Waals surface area contributed by atoms with Gasteiger partial charge in [0.25, 0.3) is 0 Å². The fourth-order valence-corrected chi connectivity index (χ4v) is 2.06. The fraction of sp³-hybridized carbons (Fsp3) is 0.417. The number of nitrogens with one attached hydrogen (secondary N) is 1. The van der Waals surface area contributed by atoms with E-state index in [1.54, 1.807) is 30.2 Å². The number of aliphatic hydroxyl groups excluding tert-OH is 1. The Labute approximate surface area is 110 Å². The number of anilines is 1. The zero-order chi connectivity index (χ0) is 13.1. The van der Waals surface area contributed by atoms with Gasteiger partial charge in [-0.15, -0.1) is 0 Å². The second-order valence-electron chi connectivity index (χ2n) is 4.16. The Kier molecular flexibility index (Phi) is 3.93. The molecule has 18 heavy (non-hydrogen) atoms. The van der Waals surface area contributed by atoms with Gasteiger partial charge < -0.3 is 20.1 Å². The summed E-state index contributed by atoms with van der Waals surface area (Å²) >= 11 is 6.02. The van der Waals surface area contributed by atoms with Crippen LogP contribution in [0.25, 0.3) is 0 Å². The predicted molar refractivity (Wildman–Crippen MR) is 69.2 cm³/mol. The number of nitrogens with zero attached hydrogens (tertiary/aromatic N) is 1. The van der Waals surface area contributed by atoms with Crippen LogP contribution >= 0.6 is 11.6 Å². The van der Waals surface area contributed by atoms with Crippen molar-refractivity contribution in [3.05, 3.63) is 23.2 Å². The van der Waals surface area contributed by atoms with Crippen molar-refractivity contribution in [3.63, 3.8) is 0 Å². The number of hydrogen-bond acceptors (Lipinski definition) is 3. The summed E-state index contributed by atoms with van der Waals surface area (Å²) in [6.07, 6.45) is 0.186. The molecule has 98 valence electrons. The van der Waals surface area contributed by atoms with Gasteiger partial charge in [-0.2, -0.15) is 0 Å². The first-order chi connectivity index (χ1) is 8.60. The van der Waals surface area contributed by atoms with Crippen LogP contribution in [-0.2, 0) is 0 Å². The van der Waals surface area contributed by atoms with Gasteiger partial charge in [-0.05, 0) is 18.6 Å². The highest BCUT2D eigenvalue weighted by Crippen LogP contribution is 2.27. The van der Waals surface area contributed by atoms with Crippen LogP contribution in [0.3, 0.4) is 0 Å². The van der Waals surface area contributed by atoms with Crippen LogP contribution in [0.5, 0.6) is 5.75 Å². The van der Waals surface area contributed by atoms with E-state index in [0.717, 1.165) is 0 Å². The Morgan fingerprint density at radius 2 is 2.39 bits per heavy atom. The third-order valence-electron chi connectivity index (χ3n) is 2.87. The van der Waals surface area contributed by atoms with E-state index in [-0.39, 0.29) is 6.03 Å². The van der Waals surface area contributed by atoms with E-state index >= 15 is 0 Å². The van der Waals surface area contributed by atoms with Crippen LogP contribution in [0.1, 0.15) is 6.42 Å². The van der Waals surface area contributed by atoms with E-state index in [4.69, 9.17) is 16.3 Å². The largest absolute Gasteiger partial charge is 0.497 e. The minimum absolute atomic E-state index is 0.251. The summed E-state index contributed by atoms with van der Waals surface area (Å²) in [7, 11) is 1.55. The number of halogens is 1. The minimum Gasteiger partial charge on any atom is -0.497 e. The Hall–Kier alpha value is -1.46. The normalized spacial score (nSPS) is 18.8. The Morgan fingerprint density at radius 1 is 1.61 bits per heavy atom. The van der Waals surface area contributed by atoms with Gasteiger partial charge in [-0.25, -0.2) is 4.79 Å². The van der Waals surface area contributed by atoms with Crippen molar-refractivity contribution in [1.82, 2.24) is 4.90 Å². The van der Waals surface area contributed by atoms with Crippen LogP contribution in [0.4, 0.5) is 10.5 Å². The molecule has 1 fully saturated rings. The summed E-state index contributed by atoms with van der Waals surface area (Å²) in [6, 6.07) is 4.79. The zero-order valence-corrected chi connectivity index (χ0v) is 10.8. The number of hydrogen-bond donors (Lipinski definition) is 2. The van der Waals surface area contributed by atoms with Gasteiger partial charge in [0, 0.05) is 19.2 Å². The Morgan fingerprint density at radius 3 is 2.94 bits per heavy atom. The van der Waals surface area contributed by atoms with Crippen molar-refractivity contribution in [2.45, 2.75) is 12.5 Å². The highest BCUT2D eigenvalue weighted by atomic mass is 35.5. The smallest absolute Gasteiger partial charge is 0.321 e. The van der Waals surface area contributed by atoms with Gasteiger partial charge in [0.15, 0.2) is 0 Å². The molecule has 0 radical (unpaired) electrons. The van der Waals surface area contributed by atoms with Crippen LogP contribution in [0.15, 0.2) is 18.2 Å². The van der Waals surface area contributed by atoms with Crippen LogP contribution < -0.4 is 10.1 Å². The van der Waals surface area contributed by atoms with E-state index in [1.165, 1.54) is 0 Å². The molecular weight excluding hydrogens is 256 g/mol. The molecule has 1 atom stereocenters. The first kappa shape index (κ1) is 13.0. The summed E-state index contributed by atoms with van der Waals surface area (Å²) in [5.74, 6) is 0.634. The maximum atomic E-state index is 11.9. The summed E-state index contributed by atoms with van der Waals surface area (Å²) < 4.78 is 5.03. The fourth-order valence-electron chi connectivity index (χ4n) is 1.84. The number of amides is 2. The van der Waals surface area contributed by atoms with Gasteiger partial charge in [0.1, 0.15) is 5.75 Å². The lowest BCUT2D eigenvalue weighted by molar-refractivity contribution is 0.176. The van der Waals surface area contributed by atoms with Gasteiger partial charge in [-0.3, -0.25) is 0 Å². The lowest BCUT2D eigenvalue weighted by atomic mass is 10.3. The summed E-state index contributed by atoms with van der Waals surface area (Å²) in [5, 5.41) is 12.5. The van der Waals surface area contributed by atoms with Gasteiger partial charge >= 0.3 is 6.03 Å². The van der Waals surface area contributed by atoms with Crippen molar-refractivity contribution in [2.75, 3.05) is 25.5 Å². The number of likely N-dealkylation sites (tertiary alicyclic amines) is 1. The van der Waals surface area contributed by atoms with Crippen molar-refractivity contribution in [2.24, 2.45) is 0 Å². The van der Waals surface area contributed by atoms with E-state index in [9.17, 15) is 9.90 Å². The van der Waals surface area contributed by atoms with E-state index in [0.29, 0.717) is 36.0 Å². The number of aliphatic hydroxyl groups is 1. The van der Waals surface area contributed by atoms with Crippen LogP contribution in [-0.4, -0.2) is 42.3 Å². The SMILES string of the molecule is COc1ccc(NC(=O)N2CC[C@@H](O)C2)c(Cl)c1. The summed E-state index contributed by atoms with van der Waals surface area (Å²) in [5.41, 5.74) is 0.531. The molecule has 1 saturated heterocycles. The molecule has 1 aromatic carbocycles. The minimum atomic E-state index is -0.429. The number of benzene rings is 1. The molecule has 6 heteroatoms. The van der Waals surface area contributed by atoms with Crippen molar-refractivity contribution in [1.29, 1.82) is 0 Å². The van der Waals surface area contributed by atoms with Crippen molar-refractivity contribution >= 4 is 23.3 Å². The number of ether oxygens (including phenoxy) is 1. The summed E-state index contributed by atoms with van der Waals surface area (Å²) in [6.45, 7) is 0.917. The second kappa shape index (κ2) is 5.46. The van der Waals surface area contributed by atoms with Gasteiger partial charge in [0.2, 0.25) is 0 Å². The number of rotatable bonds is 2. The standard InChI is InChI=1S/C12H15ClN2O3/c1-18-9-2-3-11(10(13)6-9)14-12(17)15-5-4-8(16)7-15/h2-3,6,8,16H,4-5,7H2,1H3,(H,14,17)/t8-/m1/s1. The average molecular weight is 271 g/mol. The molecular formula is C12H15ClN2O3. The molecule has 2 rings (SSSR count). The second-order valence-corrected chi connectivity index (χ2v) is 4.57. The molecule has 0 aliphatic carbocycles. The Balaban J connectivity index is 2.03. The van der Waals surface area contributed by atoms with Crippen molar-refractivity contribution < 1.29 is 14.6 Å². The predicted octanol–water partition coefficient (Wildman–Crippen LogP) is 1.95. The van der Waals surface area contributed by atoms with E-state index in [2.05, 4.69) is 5.32 Å². The number of carbonyl (C=O) groups excluding carboxylic acids is 1. The quantitative estimate of drug-likeness (QED) is 0.863. The average Bonchev–Trinajstić information content (AvgIpc) is 2.78. The van der Waals surface area contributed by atoms with Gasteiger partial charge in [-0.1, -0.05) is 11.6 Å². The number of carbonyl (C=O) groups is 1. The molecule has 2 amide bonds. The number of methoxy groups -OCH3 is 1. The third-order valence-corrected chi connectivity index (χ3v) is 3.18. The maximum absolute atomic E-state index is 11.9. The number of urea groups is 1. The summed E-state index contributed by atoms with van der Waals surface area (Å²) in [4.78, 5) is 13.4. The van der Waals surface area contributed by atoms with Crippen LogP contribution in [0, 0.1) is 0 Å². The third kappa shape index (κ3) is 2.86. The van der Waals surface area contributed by atoms with E-state index < -0.39 is 6.10 Å². The highest BCUT2D eigenvalue weighted by Gasteiger charge is 2.24. The van der Waals surface area contributed by atoms with Crippen molar-refractivity contribution in [3.8, 4) is 5.75 Å². The molecule has 0 spiro atoms. The first-order valence-electron chi connectivity index (χ1n) is 5.67. The molecule has 1 aliphatic heterocycles. The molecule has 1 aromatic rings. The monoisotopic (exact) mass is 270 g/mol. The molecule has 2 N–H and O–H groups in total. The molecule has 5 nitrogen and oxygen atoms in total. The molecule has 0 unspecified atom stereocenters. The van der Waals surface area contributed by atoms with Crippen LogP contribution in [0.2, 0.25) is 5.02 Å². The maximum Gasteiger partial charge on any atom is 0.321 e. The zero-order valence-electron chi connectivity index (χ0n) is 10.0. The molecule has 1 aliphatic rings. The number of β-amino-alcohol motifs (C(OH)–C–C–N with tert-alkyl or cyclic N) is 1. The topological polar surface area (TPSA) is 61.8 Å². The van der Waals surface area contributed by atoms with E-state index in [1.807, 2.05) is 0 Å². The highest BCUT2D eigenvalue weighted by molar-refractivity contribution is 6.33.